The molecule has 2 nitrogen and oxygen atoms in total. The van der Waals surface area contributed by atoms with Gasteiger partial charge in [0.2, 0.25) is 0 Å². The number of rotatable bonds is 2. The first kappa shape index (κ1) is 11.6. The first-order valence-electron chi connectivity index (χ1n) is 5.77. The molecule has 0 unspecified atom stereocenters. The summed E-state index contributed by atoms with van der Waals surface area (Å²) in [5, 5.41) is 13.6. The maximum atomic E-state index is 13.1. The number of aryl methyl sites for hydroxylation is 1. The van der Waals surface area contributed by atoms with Crippen molar-refractivity contribution in [2.24, 2.45) is 0 Å². The standard InChI is InChI=1S/C13H18FNO/c1-10-8-11(2-3-12(10)14)9-13(16)4-6-15-7-5-13/h2-3,8,15-16H,4-7,9H2,1H3. The molecule has 0 aliphatic carbocycles. The molecule has 0 atom stereocenters. The molecule has 1 aromatic carbocycles. The van der Waals surface area contributed by atoms with Crippen molar-refractivity contribution in [3.05, 3.63) is 35.1 Å². The van der Waals surface area contributed by atoms with Gasteiger partial charge in [0.1, 0.15) is 5.82 Å². The Bertz CT molecular complexity index is 372. The first-order chi connectivity index (χ1) is 7.59. The van der Waals surface area contributed by atoms with Crippen molar-refractivity contribution in [1.82, 2.24) is 5.32 Å². The molecule has 0 bridgehead atoms. The zero-order valence-corrected chi connectivity index (χ0v) is 9.59. The Morgan fingerprint density at radius 1 is 1.38 bits per heavy atom. The minimum Gasteiger partial charge on any atom is -0.389 e. The van der Waals surface area contributed by atoms with Crippen LogP contribution in [0.3, 0.4) is 0 Å². The third-order valence-corrected chi connectivity index (χ3v) is 3.29. The Labute approximate surface area is 95.5 Å². The summed E-state index contributed by atoms with van der Waals surface area (Å²) in [4.78, 5) is 0. The summed E-state index contributed by atoms with van der Waals surface area (Å²) in [6.07, 6.45) is 2.16. The Hall–Kier alpha value is -0.930. The summed E-state index contributed by atoms with van der Waals surface area (Å²) in [6.45, 7) is 3.47. The van der Waals surface area contributed by atoms with Gasteiger partial charge in [-0.3, -0.25) is 0 Å². The predicted octanol–water partition coefficient (Wildman–Crippen LogP) is 1.79. The van der Waals surface area contributed by atoms with Gasteiger partial charge in [0.15, 0.2) is 0 Å². The zero-order valence-electron chi connectivity index (χ0n) is 9.59. The van der Waals surface area contributed by atoms with Crippen molar-refractivity contribution in [2.45, 2.75) is 31.8 Å². The van der Waals surface area contributed by atoms with E-state index >= 15 is 0 Å². The molecule has 1 aromatic rings. The fourth-order valence-corrected chi connectivity index (χ4v) is 2.27. The predicted molar refractivity (Wildman–Crippen MR) is 61.9 cm³/mol. The smallest absolute Gasteiger partial charge is 0.126 e. The van der Waals surface area contributed by atoms with Crippen LogP contribution in [0.1, 0.15) is 24.0 Å². The van der Waals surface area contributed by atoms with E-state index in [2.05, 4.69) is 5.32 Å². The monoisotopic (exact) mass is 223 g/mol. The van der Waals surface area contributed by atoms with E-state index in [1.165, 1.54) is 6.07 Å². The maximum Gasteiger partial charge on any atom is 0.126 e. The third kappa shape index (κ3) is 2.60. The number of hydrogen-bond donors (Lipinski definition) is 2. The Balaban J connectivity index is 2.10. The number of benzene rings is 1. The van der Waals surface area contributed by atoms with Crippen LogP contribution < -0.4 is 5.32 Å². The van der Waals surface area contributed by atoms with Crippen molar-refractivity contribution in [3.63, 3.8) is 0 Å². The number of halogens is 1. The average molecular weight is 223 g/mol. The lowest BCUT2D eigenvalue weighted by atomic mass is 9.86. The molecule has 0 spiro atoms. The highest BCUT2D eigenvalue weighted by molar-refractivity contribution is 5.25. The SMILES string of the molecule is Cc1cc(CC2(O)CCNCC2)ccc1F. The molecule has 0 aromatic heterocycles. The summed E-state index contributed by atoms with van der Waals surface area (Å²) in [5.74, 6) is -0.180. The molecular weight excluding hydrogens is 205 g/mol. The van der Waals surface area contributed by atoms with Crippen LogP contribution in [0.25, 0.3) is 0 Å². The summed E-state index contributed by atoms with van der Waals surface area (Å²) in [6, 6.07) is 5.08. The third-order valence-electron chi connectivity index (χ3n) is 3.29. The molecule has 1 saturated heterocycles. The number of piperidine rings is 1. The van der Waals surface area contributed by atoms with Crippen LogP contribution in [0.2, 0.25) is 0 Å². The van der Waals surface area contributed by atoms with Crippen LogP contribution in [-0.2, 0) is 6.42 Å². The fourth-order valence-electron chi connectivity index (χ4n) is 2.27. The summed E-state index contributed by atoms with van der Waals surface area (Å²) in [5.41, 5.74) is 1.05. The van der Waals surface area contributed by atoms with Crippen LogP contribution in [-0.4, -0.2) is 23.8 Å². The summed E-state index contributed by atoms with van der Waals surface area (Å²) < 4.78 is 13.1. The Morgan fingerprint density at radius 2 is 2.06 bits per heavy atom. The van der Waals surface area contributed by atoms with Gasteiger partial charge in [0, 0.05) is 6.42 Å². The summed E-state index contributed by atoms with van der Waals surface area (Å²) in [7, 11) is 0. The zero-order chi connectivity index (χ0) is 11.6. The molecule has 3 heteroatoms. The van der Waals surface area contributed by atoms with E-state index in [9.17, 15) is 9.50 Å². The highest BCUT2D eigenvalue weighted by Crippen LogP contribution is 2.24. The van der Waals surface area contributed by atoms with Crippen molar-refractivity contribution < 1.29 is 9.50 Å². The molecule has 1 aliphatic rings. The molecule has 0 saturated carbocycles. The first-order valence-corrected chi connectivity index (χ1v) is 5.77. The lowest BCUT2D eigenvalue weighted by Gasteiger charge is -2.32. The van der Waals surface area contributed by atoms with Crippen LogP contribution in [0, 0.1) is 12.7 Å². The minimum absolute atomic E-state index is 0.180. The van der Waals surface area contributed by atoms with Crippen molar-refractivity contribution >= 4 is 0 Å². The van der Waals surface area contributed by atoms with Crippen molar-refractivity contribution in [3.8, 4) is 0 Å². The van der Waals surface area contributed by atoms with Gasteiger partial charge in [-0.05, 0) is 50.0 Å². The highest BCUT2D eigenvalue weighted by atomic mass is 19.1. The second kappa shape index (κ2) is 4.52. The lowest BCUT2D eigenvalue weighted by Crippen LogP contribution is -2.43. The number of nitrogens with one attached hydrogen (secondary N) is 1. The topological polar surface area (TPSA) is 32.3 Å². The molecule has 2 N–H and O–H groups in total. The molecule has 0 amide bonds. The molecule has 1 heterocycles. The van der Waals surface area contributed by atoms with Gasteiger partial charge in [0.25, 0.3) is 0 Å². The number of hydrogen-bond acceptors (Lipinski definition) is 2. The van der Waals surface area contributed by atoms with Gasteiger partial charge in [-0.1, -0.05) is 12.1 Å². The van der Waals surface area contributed by atoms with Crippen LogP contribution in [0.5, 0.6) is 0 Å². The van der Waals surface area contributed by atoms with E-state index in [-0.39, 0.29) is 5.82 Å². The molecule has 1 fully saturated rings. The van der Waals surface area contributed by atoms with Gasteiger partial charge in [0.05, 0.1) is 5.60 Å². The van der Waals surface area contributed by atoms with Gasteiger partial charge >= 0.3 is 0 Å². The van der Waals surface area contributed by atoms with Crippen molar-refractivity contribution in [2.75, 3.05) is 13.1 Å². The molecular formula is C13H18FNO. The van der Waals surface area contributed by atoms with E-state index in [0.29, 0.717) is 12.0 Å². The summed E-state index contributed by atoms with van der Waals surface area (Å²) >= 11 is 0. The minimum atomic E-state index is -0.616. The van der Waals surface area contributed by atoms with Crippen LogP contribution >= 0.6 is 0 Å². The second-order valence-electron chi connectivity index (χ2n) is 4.73. The van der Waals surface area contributed by atoms with Gasteiger partial charge in [-0.15, -0.1) is 0 Å². The molecule has 0 radical (unpaired) electrons. The molecule has 1 aliphatic heterocycles. The number of aliphatic hydroxyl groups is 1. The highest BCUT2D eigenvalue weighted by Gasteiger charge is 2.29. The average Bonchev–Trinajstić information content (AvgIpc) is 2.24. The second-order valence-corrected chi connectivity index (χ2v) is 4.73. The van der Waals surface area contributed by atoms with E-state index in [1.54, 1.807) is 13.0 Å². The molecule has 16 heavy (non-hydrogen) atoms. The lowest BCUT2D eigenvalue weighted by molar-refractivity contribution is 0.0108. The normalized spacial score (nSPS) is 19.7. The van der Waals surface area contributed by atoms with Crippen molar-refractivity contribution in [1.29, 1.82) is 0 Å². The van der Waals surface area contributed by atoms with E-state index in [4.69, 9.17) is 0 Å². The molecule has 88 valence electrons. The van der Waals surface area contributed by atoms with Gasteiger partial charge in [-0.25, -0.2) is 4.39 Å². The fraction of sp³-hybridized carbons (Fsp3) is 0.538. The Kier molecular flexibility index (Phi) is 3.26. The largest absolute Gasteiger partial charge is 0.389 e. The Morgan fingerprint density at radius 3 is 2.69 bits per heavy atom. The van der Waals surface area contributed by atoms with E-state index in [0.717, 1.165) is 31.5 Å². The van der Waals surface area contributed by atoms with E-state index in [1.807, 2.05) is 6.07 Å². The quantitative estimate of drug-likeness (QED) is 0.801. The maximum absolute atomic E-state index is 13.1. The molecule has 2 rings (SSSR count). The van der Waals surface area contributed by atoms with Crippen LogP contribution in [0.15, 0.2) is 18.2 Å². The van der Waals surface area contributed by atoms with Gasteiger partial charge in [-0.2, -0.15) is 0 Å². The van der Waals surface area contributed by atoms with Crippen LogP contribution in [0.4, 0.5) is 4.39 Å². The van der Waals surface area contributed by atoms with E-state index < -0.39 is 5.60 Å². The van der Waals surface area contributed by atoms with Gasteiger partial charge < -0.3 is 10.4 Å².